The van der Waals surface area contributed by atoms with Gasteiger partial charge in [-0.3, -0.25) is 4.79 Å². The van der Waals surface area contributed by atoms with Crippen LogP contribution in [0, 0.1) is 5.41 Å². The van der Waals surface area contributed by atoms with E-state index in [1.54, 1.807) is 0 Å². The number of amides is 1. The van der Waals surface area contributed by atoms with E-state index < -0.39 is 0 Å². The van der Waals surface area contributed by atoms with E-state index in [1.165, 1.54) is 0 Å². The fourth-order valence-electron chi connectivity index (χ4n) is 2.87. The largest absolute Gasteiger partial charge is 0.361 e. The molecule has 3 N–H and O–H groups in total. The number of carbonyl (C=O) groups is 1. The molecule has 4 heteroatoms. The van der Waals surface area contributed by atoms with Gasteiger partial charge >= 0.3 is 0 Å². The Morgan fingerprint density at radius 1 is 1.30 bits per heavy atom. The SMILES string of the molecule is CC1(CNC(=O)c2cccc3cc[nH]c23)CCNCC1. The lowest BCUT2D eigenvalue weighted by molar-refractivity contribution is 0.0924. The quantitative estimate of drug-likeness (QED) is 0.802. The van der Waals surface area contributed by atoms with E-state index >= 15 is 0 Å². The molecule has 1 amide bonds. The van der Waals surface area contributed by atoms with Crippen LogP contribution in [0.25, 0.3) is 10.9 Å². The van der Waals surface area contributed by atoms with Crippen LogP contribution in [0.2, 0.25) is 0 Å². The first kappa shape index (κ1) is 13.2. The fraction of sp³-hybridized carbons (Fsp3) is 0.438. The number of H-pyrrole nitrogens is 1. The molecule has 1 aliphatic heterocycles. The molecule has 1 aromatic heterocycles. The zero-order valence-electron chi connectivity index (χ0n) is 11.8. The molecule has 1 fully saturated rings. The van der Waals surface area contributed by atoms with E-state index in [4.69, 9.17) is 0 Å². The van der Waals surface area contributed by atoms with Crippen LogP contribution < -0.4 is 10.6 Å². The van der Waals surface area contributed by atoms with Crippen molar-refractivity contribution in [2.45, 2.75) is 19.8 Å². The molecule has 0 spiro atoms. The molecule has 0 aliphatic carbocycles. The highest BCUT2D eigenvalue weighted by molar-refractivity contribution is 6.05. The predicted octanol–water partition coefficient (Wildman–Crippen LogP) is 2.29. The van der Waals surface area contributed by atoms with Crippen molar-refractivity contribution in [3.63, 3.8) is 0 Å². The molecule has 0 saturated carbocycles. The van der Waals surface area contributed by atoms with E-state index in [1.807, 2.05) is 30.5 Å². The molecular formula is C16H21N3O. The van der Waals surface area contributed by atoms with Gasteiger partial charge in [-0.2, -0.15) is 0 Å². The van der Waals surface area contributed by atoms with Crippen molar-refractivity contribution >= 4 is 16.8 Å². The van der Waals surface area contributed by atoms with Crippen LogP contribution in [0.1, 0.15) is 30.1 Å². The second-order valence-corrected chi connectivity index (χ2v) is 5.99. The number of nitrogens with one attached hydrogen (secondary N) is 3. The highest BCUT2D eigenvalue weighted by atomic mass is 16.1. The van der Waals surface area contributed by atoms with Crippen molar-refractivity contribution in [1.29, 1.82) is 0 Å². The number of fused-ring (bicyclic) bond motifs is 1. The lowest BCUT2D eigenvalue weighted by Gasteiger charge is -2.34. The van der Waals surface area contributed by atoms with Gasteiger partial charge in [-0.25, -0.2) is 0 Å². The Kier molecular flexibility index (Phi) is 3.49. The van der Waals surface area contributed by atoms with Crippen LogP contribution in [0.15, 0.2) is 30.5 Å². The summed E-state index contributed by atoms with van der Waals surface area (Å²) >= 11 is 0. The summed E-state index contributed by atoms with van der Waals surface area (Å²) < 4.78 is 0. The summed E-state index contributed by atoms with van der Waals surface area (Å²) in [6.07, 6.45) is 4.09. The van der Waals surface area contributed by atoms with Gasteiger partial charge in [-0.15, -0.1) is 0 Å². The number of hydrogen-bond donors (Lipinski definition) is 3. The summed E-state index contributed by atoms with van der Waals surface area (Å²) in [5, 5.41) is 7.54. The number of rotatable bonds is 3. The second kappa shape index (κ2) is 5.29. The Hall–Kier alpha value is -1.81. The highest BCUT2D eigenvalue weighted by Gasteiger charge is 2.27. The maximum Gasteiger partial charge on any atom is 0.253 e. The van der Waals surface area contributed by atoms with Gasteiger partial charge in [0.25, 0.3) is 5.91 Å². The molecule has 0 unspecified atom stereocenters. The molecular weight excluding hydrogens is 250 g/mol. The van der Waals surface area contributed by atoms with E-state index in [-0.39, 0.29) is 11.3 Å². The fourth-order valence-corrected chi connectivity index (χ4v) is 2.87. The number of piperidine rings is 1. The van der Waals surface area contributed by atoms with Crippen molar-refractivity contribution in [2.24, 2.45) is 5.41 Å². The van der Waals surface area contributed by atoms with Crippen molar-refractivity contribution in [3.8, 4) is 0 Å². The summed E-state index contributed by atoms with van der Waals surface area (Å²) in [6, 6.07) is 7.80. The van der Waals surface area contributed by atoms with Gasteiger partial charge in [0, 0.05) is 18.1 Å². The van der Waals surface area contributed by atoms with Crippen molar-refractivity contribution in [3.05, 3.63) is 36.0 Å². The molecule has 2 aromatic rings. The third kappa shape index (κ3) is 2.56. The first-order valence-electron chi connectivity index (χ1n) is 7.23. The number of aromatic nitrogens is 1. The Morgan fingerprint density at radius 2 is 2.10 bits per heavy atom. The summed E-state index contributed by atoms with van der Waals surface area (Å²) in [7, 11) is 0. The Labute approximate surface area is 118 Å². The predicted molar refractivity (Wildman–Crippen MR) is 80.8 cm³/mol. The average Bonchev–Trinajstić information content (AvgIpc) is 2.94. The molecule has 3 rings (SSSR count). The number of carbonyl (C=O) groups excluding carboxylic acids is 1. The van der Waals surface area contributed by atoms with Crippen LogP contribution in [-0.2, 0) is 0 Å². The van der Waals surface area contributed by atoms with E-state index in [0.717, 1.165) is 48.9 Å². The van der Waals surface area contributed by atoms with Gasteiger partial charge in [-0.05, 0) is 43.5 Å². The normalized spacial score (nSPS) is 18.1. The highest BCUT2D eigenvalue weighted by Crippen LogP contribution is 2.27. The smallest absolute Gasteiger partial charge is 0.253 e. The van der Waals surface area contributed by atoms with Crippen LogP contribution in [-0.4, -0.2) is 30.5 Å². The van der Waals surface area contributed by atoms with Gasteiger partial charge < -0.3 is 15.6 Å². The number of para-hydroxylation sites is 1. The first-order valence-corrected chi connectivity index (χ1v) is 7.23. The van der Waals surface area contributed by atoms with Crippen LogP contribution in [0.5, 0.6) is 0 Å². The first-order chi connectivity index (χ1) is 9.68. The molecule has 0 bridgehead atoms. The maximum atomic E-state index is 12.4. The van der Waals surface area contributed by atoms with Gasteiger partial charge in [0.2, 0.25) is 0 Å². The third-order valence-electron chi connectivity index (χ3n) is 4.32. The van der Waals surface area contributed by atoms with Gasteiger partial charge in [0.15, 0.2) is 0 Å². The molecule has 4 nitrogen and oxygen atoms in total. The molecule has 2 heterocycles. The van der Waals surface area contributed by atoms with Crippen LogP contribution >= 0.6 is 0 Å². The lowest BCUT2D eigenvalue weighted by atomic mass is 9.81. The second-order valence-electron chi connectivity index (χ2n) is 5.99. The van der Waals surface area contributed by atoms with E-state index in [9.17, 15) is 4.79 Å². The Bertz CT molecular complexity index is 611. The maximum absolute atomic E-state index is 12.4. The standard InChI is InChI=1S/C16H21N3O/c1-16(6-9-17-10-7-16)11-19-15(20)13-4-2-3-12-5-8-18-14(12)13/h2-5,8,17-18H,6-7,9-11H2,1H3,(H,19,20). The molecule has 0 radical (unpaired) electrons. The van der Waals surface area contributed by atoms with Gasteiger partial charge in [-0.1, -0.05) is 19.1 Å². The topological polar surface area (TPSA) is 56.9 Å². The van der Waals surface area contributed by atoms with Crippen molar-refractivity contribution in [2.75, 3.05) is 19.6 Å². The summed E-state index contributed by atoms with van der Waals surface area (Å²) in [6.45, 7) is 5.07. The monoisotopic (exact) mass is 271 g/mol. The van der Waals surface area contributed by atoms with Crippen molar-refractivity contribution < 1.29 is 4.79 Å². The third-order valence-corrected chi connectivity index (χ3v) is 4.32. The number of benzene rings is 1. The summed E-state index contributed by atoms with van der Waals surface area (Å²) in [5.74, 6) is 0.0119. The minimum atomic E-state index is 0.0119. The number of hydrogen-bond acceptors (Lipinski definition) is 2. The molecule has 106 valence electrons. The van der Waals surface area contributed by atoms with Crippen LogP contribution in [0.4, 0.5) is 0 Å². The van der Waals surface area contributed by atoms with Gasteiger partial charge in [0.05, 0.1) is 11.1 Å². The molecule has 1 aromatic carbocycles. The minimum Gasteiger partial charge on any atom is -0.361 e. The molecule has 0 atom stereocenters. The Morgan fingerprint density at radius 3 is 2.90 bits per heavy atom. The average molecular weight is 271 g/mol. The zero-order valence-corrected chi connectivity index (χ0v) is 11.8. The van der Waals surface area contributed by atoms with Gasteiger partial charge in [0.1, 0.15) is 0 Å². The zero-order chi connectivity index (χ0) is 14.0. The molecule has 1 saturated heterocycles. The molecule has 1 aliphatic rings. The Balaban J connectivity index is 1.71. The number of aromatic amines is 1. The summed E-state index contributed by atoms with van der Waals surface area (Å²) in [4.78, 5) is 15.5. The molecule has 20 heavy (non-hydrogen) atoms. The van der Waals surface area contributed by atoms with E-state index in [2.05, 4.69) is 22.5 Å². The van der Waals surface area contributed by atoms with Crippen LogP contribution in [0.3, 0.4) is 0 Å². The minimum absolute atomic E-state index is 0.0119. The van der Waals surface area contributed by atoms with E-state index in [0.29, 0.717) is 0 Å². The summed E-state index contributed by atoms with van der Waals surface area (Å²) in [5.41, 5.74) is 1.86. The van der Waals surface area contributed by atoms with Crippen molar-refractivity contribution in [1.82, 2.24) is 15.6 Å². The lowest BCUT2D eigenvalue weighted by Crippen LogP contribution is -2.42.